The van der Waals surface area contributed by atoms with Crippen molar-refractivity contribution in [1.29, 1.82) is 0 Å². The number of likely N-dealkylation sites (tertiary alicyclic amines) is 1. The van der Waals surface area contributed by atoms with Gasteiger partial charge in [0.25, 0.3) is 0 Å². The first-order valence-electron chi connectivity index (χ1n) is 7.13. The van der Waals surface area contributed by atoms with Gasteiger partial charge in [0.15, 0.2) is 0 Å². The molecular formula is C14H28N2O2. The second kappa shape index (κ2) is 6.53. The molecule has 0 bridgehead atoms. The first-order valence-corrected chi connectivity index (χ1v) is 7.13. The lowest BCUT2D eigenvalue weighted by Gasteiger charge is -2.28. The fourth-order valence-corrected chi connectivity index (χ4v) is 2.87. The van der Waals surface area contributed by atoms with Crippen molar-refractivity contribution >= 4 is 5.97 Å². The third-order valence-electron chi connectivity index (χ3n) is 4.29. The Morgan fingerprint density at radius 2 is 2.00 bits per heavy atom. The van der Waals surface area contributed by atoms with Crippen LogP contribution >= 0.6 is 0 Å². The molecule has 1 aliphatic rings. The molecule has 0 aromatic heterocycles. The summed E-state index contributed by atoms with van der Waals surface area (Å²) in [6.07, 6.45) is 3.58. The van der Waals surface area contributed by atoms with Crippen molar-refractivity contribution in [3.8, 4) is 0 Å². The van der Waals surface area contributed by atoms with E-state index in [4.69, 9.17) is 0 Å². The van der Waals surface area contributed by atoms with Crippen LogP contribution in [0.3, 0.4) is 0 Å². The van der Waals surface area contributed by atoms with Crippen molar-refractivity contribution in [1.82, 2.24) is 10.2 Å². The predicted octanol–water partition coefficient (Wildman–Crippen LogP) is 1.95. The summed E-state index contributed by atoms with van der Waals surface area (Å²) in [7, 11) is 0. The zero-order chi connectivity index (χ0) is 13.8. The van der Waals surface area contributed by atoms with Crippen LogP contribution in [0.2, 0.25) is 0 Å². The molecule has 1 fully saturated rings. The monoisotopic (exact) mass is 256 g/mol. The van der Waals surface area contributed by atoms with Crippen LogP contribution in [0.1, 0.15) is 47.0 Å². The Morgan fingerprint density at radius 3 is 2.39 bits per heavy atom. The Hall–Kier alpha value is -0.610. The summed E-state index contributed by atoms with van der Waals surface area (Å²) in [6.45, 7) is 11.2. The molecule has 0 aromatic rings. The minimum atomic E-state index is -0.741. The third kappa shape index (κ3) is 3.95. The van der Waals surface area contributed by atoms with Crippen LogP contribution in [0.25, 0.3) is 0 Å². The molecule has 1 atom stereocenters. The summed E-state index contributed by atoms with van der Waals surface area (Å²) in [4.78, 5) is 13.5. The predicted molar refractivity (Wildman–Crippen MR) is 73.8 cm³/mol. The molecule has 4 nitrogen and oxygen atoms in total. The standard InChI is InChI=1S/C14H28N2O2/c1-5-14(6-2)7-8-16(10-14)9-12(13(17)18)15-11(3)4/h11-12,15H,5-10H2,1-4H3,(H,17,18). The van der Waals surface area contributed by atoms with Gasteiger partial charge in [-0.2, -0.15) is 0 Å². The topological polar surface area (TPSA) is 52.6 Å². The average molecular weight is 256 g/mol. The van der Waals surface area contributed by atoms with E-state index >= 15 is 0 Å². The Bertz CT molecular complexity index is 275. The molecular weight excluding hydrogens is 228 g/mol. The van der Waals surface area contributed by atoms with E-state index in [-0.39, 0.29) is 6.04 Å². The molecule has 0 aromatic carbocycles. The highest BCUT2D eigenvalue weighted by Gasteiger charge is 2.36. The number of carboxylic acids is 1. The van der Waals surface area contributed by atoms with Crippen LogP contribution < -0.4 is 5.32 Å². The van der Waals surface area contributed by atoms with Crippen LogP contribution in [0.15, 0.2) is 0 Å². The molecule has 1 saturated heterocycles. The van der Waals surface area contributed by atoms with Crippen molar-refractivity contribution in [3.05, 3.63) is 0 Å². The number of nitrogens with zero attached hydrogens (tertiary/aromatic N) is 1. The molecule has 0 amide bonds. The highest BCUT2D eigenvalue weighted by atomic mass is 16.4. The SMILES string of the molecule is CCC1(CC)CCN(CC(NC(C)C)C(=O)O)C1. The molecule has 1 unspecified atom stereocenters. The van der Waals surface area contributed by atoms with Gasteiger partial charge in [0.05, 0.1) is 0 Å². The van der Waals surface area contributed by atoms with Gasteiger partial charge >= 0.3 is 5.97 Å². The first kappa shape index (κ1) is 15.4. The third-order valence-corrected chi connectivity index (χ3v) is 4.29. The number of carboxylic acid groups (broad SMARTS) is 1. The molecule has 1 heterocycles. The van der Waals surface area contributed by atoms with Crippen molar-refractivity contribution in [2.24, 2.45) is 5.41 Å². The number of rotatable bonds is 7. The van der Waals surface area contributed by atoms with Crippen molar-refractivity contribution in [2.45, 2.75) is 59.0 Å². The van der Waals surface area contributed by atoms with Gasteiger partial charge in [0.1, 0.15) is 6.04 Å². The quantitative estimate of drug-likeness (QED) is 0.731. The molecule has 0 aliphatic carbocycles. The van der Waals surface area contributed by atoms with E-state index in [0.29, 0.717) is 12.0 Å². The minimum Gasteiger partial charge on any atom is -0.480 e. The van der Waals surface area contributed by atoms with E-state index < -0.39 is 12.0 Å². The average Bonchev–Trinajstić information content (AvgIpc) is 2.72. The summed E-state index contributed by atoms with van der Waals surface area (Å²) in [5.41, 5.74) is 0.418. The van der Waals surface area contributed by atoms with Gasteiger partial charge in [-0.3, -0.25) is 4.79 Å². The normalized spacial score (nSPS) is 21.4. The maximum Gasteiger partial charge on any atom is 0.322 e. The van der Waals surface area contributed by atoms with Gasteiger partial charge in [-0.05, 0) is 31.2 Å². The molecule has 1 rings (SSSR count). The Labute approximate surface area is 111 Å². The number of hydrogen-bond acceptors (Lipinski definition) is 3. The highest BCUT2D eigenvalue weighted by Crippen LogP contribution is 2.36. The lowest BCUT2D eigenvalue weighted by molar-refractivity contribution is -0.140. The van der Waals surface area contributed by atoms with Crippen molar-refractivity contribution in [2.75, 3.05) is 19.6 Å². The summed E-state index contributed by atoms with van der Waals surface area (Å²) in [5.74, 6) is -0.741. The Kier molecular flexibility index (Phi) is 5.60. The second-order valence-corrected chi connectivity index (χ2v) is 5.90. The van der Waals surface area contributed by atoms with Crippen LogP contribution in [-0.2, 0) is 4.79 Å². The summed E-state index contributed by atoms with van der Waals surface area (Å²) in [6, 6.07) is -0.245. The zero-order valence-corrected chi connectivity index (χ0v) is 12.2. The molecule has 106 valence electrons. The van der Waals surface area contributed by atoms with Crippen LogP contribution in [0.5, 0.6) is 0 Å². The fourth-order valence-electron chi connectivity index (χ4n) is 2.87. The molecule has 18 heavy (non-hydrogen) atoms. The van der Waals surface area contributed by atoms with E-state index in [1.165, 1.54) is 19.3 Å². The maximum absolute atomic E-state index is 11.2. The van der Waals surface area contributed by atoms with Crippen LogP contribution in [0, 0.1) is 5.41 Å². The Morgan fingerprint density at radius 1 is 1.39 bits per heavy atom. The fraction of sp³-hybridized carbons (Fsp3) is 0.929. The van der Waals surface area contributed by atoms with E-state index in [1.54, 1.807) is 0 Å². The van der Waals surface area contributed by atoms with Gasteiger partial charge in [-0.1, -0.05) is 27.7 Å². The van der Waals surface area contributed by atoms with Crippen LogP contribution in [0.4, 0.5) is 0 Å². The Balaban J connectivity index is 2.54. The van der Waals surface area contributed by atoms with Crippen LogP contribution in [-0.4, -0.2) is 47.7 Å². The minimum absolute atomic E-state index is 0.204. The molecule has 4 heteroatoms. The van der Waals surface area contributed by atoms with Gasteiger partial charge in [-0.15, -0.1) is 0 Å². The first-order chi connectivity index (χ1) is 8.42. The van der Waals surface area contributed by atoms with Gasteiger partial charge in [0.2, 0.25) is 0 Å². The lowest BCUT2D eigenvalue weighted by atomic mass is 9.82. The van der Waals surface area contributed by atoms with E-state index in [9.17, 15) is 9.90 Å². The number of aliphatic carboxylic acids is 1. The summed E-state index contributed by atoms with van der Waals surface area (Å²) < 4.78 is 0. The maximum atomic E-state index is 11.2. The van der Waals surface area contributed by atoms with Gasteiger partial charge in [-0.25, -0.2) is 0 Å². The lowest BCUT2D eigenvalue weighted by Crippen LogP contribution is -2.48. The molecule has 0 radical (unpaired) electrons. The van der Waals surface area contributed by atoms with Gasteiger partial charge in [0, 0.05) is 19.1 Å². The van der Waals surface area contributed by atoms with Crippen molar-refractivity contribution in [3.63, 3.8) is 0 Å². The number of hydrogen-bond donors (Lipinski definition) is 2. The second-order valence-electron chi connectivity index (χ2n) is 5.90. The largest absolute Gasteiger partial charge is 0.480 e. The number of nitrogens with one attached hydrogen (secondary N) is 1. The summed E-state index contributed by atoms with van der Waals surface area (Å²) in [5, 5.41) is 12.4. The molecule has 2 N–H and O–H groups in total. The highest BCUT2D eigenvalue weighted by molar-refractivity contribution is 5.73. The van der Waals surface area contributed by atoms with E-state index in [1.807, 2.05) is 13.8 Å². The molecule has 1 aliphatic heterocycles. The smallest absolute Gasteiger partial charge is 0.322 e. The summed E-state index contributed by atoms with van der Waals surface area (Å²) >= 11 is 0. The molecule has 0 spiro atoms. The zero-order valence-electron chi connectivity index (χ0n) is 12.2. The van der Waals surface area contributed by atoms with Crippen molar-refractivity contribution < 1.29 is 9.90 Å². The van der Waals surface area contributed by atoms with Gasteiger partial charge < -0.3 is 15.3 Å². The van der Waals surface area contributed by atoms with E-state index in [0.717, 1.165) is 13.1 Å². The molecule has 0 saturated carbocycles. The number of carbonyl (C=O) groups is 1. The van der Waals surface area contributed by atoms with E-state index in [2.05, 4.69) is 24.1 Å².